The van der Waals surface area contributed by atoms with Crippen LogP contribution in [0.15, 0.2) is 41.7 Å². The number of carbonyl (C=O) groups is 2. The maximum atomic E-state index is 12.9. The van der Waals surface area contributed by atoms with Gasteiger partial charge in [-0.05, 0) is 107 Å². The van der Waals surface area contributed by atoms with Crippen molar-refractivity contribution in [3.8, 4) is 11.7 Å². The SMILES string of the molecule is CC1(C)CC(CCCn2ccc(S(=O)(=O)NC(=O)c3ccc(-n4ccc(OCCC(C5CC5)C5CC5)n4)nc3Cl)n2)CN1C(=O)O. The minimum atomic E-state index is -4.28. The van der Waals surface area contributed by atoms with E-state index >= 15 is 0 Å². The van der Waals surface area contributed by atoms with Crippen molar-refractivity contribution in [1.82, 2.24) is 34.2 Å². The van der Waals surface area contributed by atoms with Crippen LogP contribution in [0.3, 0.4) is 0 Å². The molecule has 2 aliphatic carbocycles. The van der Waals surface area contributed by atoms with Gasteiger partial charge >= 0.3 is 6.09 Å². The van der Waals surface area contributed by atoms with E-state index in [2.05, 4.69) is 15.2 Å². The smallest absolute Gasteiger partial charge is 0.407 e. The van der Waals surface area contributed by atoms with E-state index in [4.69, 9.17) is 16.3 Å². The van der Waals surface area contributed by atoms with Gasteiger partial charge in [-0.1, -0.05) is 11.6 Å². The normalized spacial score (nSPS) is 19.5. The zero-order chi connectivity index (χ0) is 32.6. The van der Waals surface area contributed by atoms with Crippen molar-refractivity contribution in [3.63, 3.8) is 0 Å². The Morgan fingerprint density at radius 2 is 1.85 bits per heavy atom. The number of pyridine rings is 1. The monoisotopic (exact) mass is 673 g/mol. The number of nitrogens with zero attached hydrogens (tertiary/aromatic N) is 6. The number of carboxylic acid groups (broad SMARTS) is 1. The van der Waals surface area contributed by atoms with Crippen LogP contribution in [-0.4, -0.2) is 73.7 Å². The quantitative estimate of drug-likeness (QED) is 0.224. The largest absolute Gasteiger partial charge is 0.477 e. The van der Waals surface area contributed by atoms with Gasteiger partial charge in [0.15, 0.2) is 10.8 Å². The third-order valence-electron chi connectivity index (χ3n) is 9.34. The number of aromatic nitrogens is 5. The van der Waals surface area contributed by atoms with Crippen molar-refractivity contribution in [1.29, 1.82) is 0 Å². The van der Waals surface area contributed by atoms with Gasteiger partial charge in [-0.15, -0.1) is 5.10 Å². The number of likely N-dealkylation sites (tertiary alicyclic amines) is 1. The summed E-state index contributed by atoms with van der Waals surface area (Å²) in [5, 5.41) is 17.5. The second-order valence-corrected chi connectivity index (χ2v) is 15.3. The van der Waals surface area contributed by atoms with Gasteiger partial charge in [0, 0.05) is 37.1 Å². The molecule has 6 rings (SSSR count). The van der Waals surface area contributed by atoms with Gasteiger partial charge in [-0.2, -0.15) is 13.5 Å². The summed E-state index contributed by atoms with van der Waals surface area (Å²) in [7, 11) is -4.28. The number of sulfonamides is 1. The van der Waals surface area contributed by atoms with Crippen molar-refractivity contribution < 1.29 is 27.9 Å². The fourth-order valence-corrected chi connectivity index (χ4v) is 7.88. The van der Waals surface area contributed by atoms with Crippen LogP contribution >= 0.6 is 11.6 Å². The third-order valence-corrected chi connectivity index (χ3v) is 10.9. The molecule has 46 heavy (non-hydrogen) atoms. The van der Waals surface area contributed by atoms with Crippen LogP contribution in [0.4, 0.5) is 4.79 Å². The zero-order valence-corrected chi connectivity index (χ0v) is 27.6. The van der Waals surface area contributed by atoms with Gasteiger partial charge in [0.1, 0.15) is 5.15 Å². The molecule has 2 saturated carbocycles. The number of rotatable bonds is 14. The lowest BCUT2D eigenvalue weighted by Crippen LogP contribution is -2.41. The maximum Gasteiger partial charge on any atom is 0.407 e. The molecule has 3 aliphatic rings. The third kappa shape index (κ3) is 7.49. The van der Waals surface area contributed by atoms with Crippen molar-refractivity contribution in [2.24, 2.45) is 23.7 Å². The molecule has 0 radical (unpaired) electrons. The number of hydrogen-bond acceptors (Lipinski definition) is 8. The van der Waals surface area contributed by atoms with Crippen molar-refractivity contribution in [2.75, 3.05) is 13.2 Å². The lowest BCUT2D eigenvalue weighted by atomic mass is 9.93. The molecule has 2 amide bonds. The summed E-state index contributed by atoms with van der Waals surface area (Å²) >= 11 is 6.31. The van der Waals surface area contributed by atoms with Crippen LogP contribution in [0.25, 0.3) is 5.82 Å². The van der Waals surface area contributed by atoms with Gasteiger partial charge in [-0.25, -0.2) is 19.2 Å². The number of hydrogen-bond donors (Lipinski definition) is 2. The Labute approximate surface area is 273 Å². The molecule has 13 nitrogen and oxygen atoms in total. The van der Waals surface area contributed by atoms with E-state index in [0.717, 1.165) is 37.0 Å². The van der Waals surface area contributed by atoms with Crippen molar-refractivity contribution >= 4 is 33.6 Å². The zero-order valence-electron chi connectivity index (χ0n) is 26.0. The molecule has 3 aromatic rings. The Morgan fingerprint density at radius 1 is 1.11 bits per heavy atom. The number of aryl methyl sites for hydroxylation is 1. The van der Waals surface area contributed by atoms with Gasteiger partial charge < -0.3 is 14.7 Å². The molecular formula is C31H40ClN7O6S. The van der Waals surface area contributed by atoms with Crippen molar-refractivity contribution in [2.45, 2.75) is 82.3 Å². The van der Waals surface area contributed by atoms with Gasteiger partial charge in [-0.3, -0.25) is 9.48 Å². The lowest BCUT2D eigenvalue weighted by Gasteiger charge is -2.28. The summed E-state index contributed by atoms with van der Waals surface area (Å²) in [5.41, 5.74) is -0.524. The molecule has 2 N–H and O–H groups in total. The Balaban J connectivity index is 0.997. The van der Waals surface area contributed by atoms with Crippen LogP contribution in [0.1, 0.15) is 75.6 Å². The van der Waals surface area contributed by atoms with Crippen LogP contribution in [-0.2, 0) is 16.6 Å². The van der Waals surface area contributed by atoms with E-state index < -0.39 is 27.6 Å². The molecule has 0 aromatic carbocycles. The molecule has 1 saturated heterocycles. The molecule has 3 aromatic heterocycles. The molecule has 1 unspecified atom stereocenters. The standard InChI is InChI=1S/C31H40ClN7O6S/c1-31(2)18-20(19-38(31)30(41)42)4-3-14-37-15-12-27(35-37)46(43,44)36-29(40)24-9-10-25(33-28(24)32)39-16-11-26(34-39)45-17-13-23(21-5-6-21)22-7-8-22/h9-12,15-16,20-23H,3-8,13-14,17-19H2,1-2H3,(H,36,40)(H,41,42). The van der Waals surface area contributed by atoms with Crippen LogP contribution < -0.4 is 9.46 Å². The van der Waals surface area contributed by atoms with E-state index in [-0.39, 0.29) is 21.7 Å². The van der Waals surface area contributed by atoms with Crippen LogP contribution in [0.2, 0.25) is 5.15 Å². The number of ether oxygens (including phenoxy) is 1. The predicted molar refractivity (Wildman–Crippen MR) is 168 cm³/mol. The Kier molecular flexibility index (Phi) is 9.03. The fraction of sp³-hybridized carbons (Fsp3) is 0.581. The molecule has 1 aliphatic heterocycles. The molecule has 0 bridgehead atoms. The summed E-state index contributed by atoms with van der Waals surface area (Å²) in [6.07, 6.45) is 10.9. The van der Waals surface area contributed by atoms with E-state index in [1.165, 1.54) is 64.3 Å². The summed E-state index contributed by atoms with van der Waals surface area (Å²) in [6, 6.07) is 5.98. The molecule has 3 fully saturated rings. The average molecular weight is 674 g/mol. The van der Waals surface area contributed by atoms with E-state index in [9.17, 15) is 23.1 Å². The minimum absolute atomic E-state index is 0.113. The van der Waals surface area contributed by atoms with E-state index in [0.29, 0.717) is 37.8 Å². The first kappa shape index (κ1) is 32.3. The maximum absolute atomic E-state index is 12.9. The van der Waals surface area contributed by atoms with Crippen LogP contribution in [0.5, 0.6) is 5.88 Å². The highest BCUT2D eigenvalue weighted by atomic mass is 35.5. The first-order chi connectivity index (χ1) is 21.9. The summed E-state index contributed by atoms with van der Waals surface area (Å²) in [5.74, 6) is 2.60. The number of nitrogens with one attached hydrogen (secondary N) is 1. The number of carbonyl (C=O) groups excluding carboxylic acids is 1. The Morgan fingerprint density at radius 3 is 2.50 bits per heavy atom. The summed E-state index contributed by atoms with van der Waals surface area (Å²) < 4.78 is 36.8. The molecular weight excluding hydrogens is 634 g/mol. The highest BCUT2D eigenvalue weighted by Crippen LogP contribution is 2.50. The molecule has 15 heteroatoms. The molecule has 1 atom stereocenters. The van der Waals surface area contributed by atoms with Crippen molar-refractivity contribution in [3.05, 3.63) is 47.4 Å². The van der Waals surface area contributed by atoms with Gasteiger partial charge in [0.2, 0.25) is 5.88 Å². The minimum Gasteiger partial charge on any atom is -0.477 e. The summed E-state index contributed by atoms with van der Waals surface area (Å²) in [6.45, 7) is 5.38. The second kappa shape index (κ2) is 12.9. The first-order valence-corrected chi connectivity index (χ1v) is 17.7. The lowest BCUT2D eigenvalue weighted by molar-refractivity contribution is 0.0980. The average Bonchev–Trinajstić information content (AvgIpc) is 3.89. The number of halogens is 1. The topological polar surface area (TPSA) is 162 Å². The van der Waals surface area contributed by atoms with Gasteiger partial charge in [0.25, 0.3) is 15.9 Å². The first-order valence-electron chi connectivity index (χ1n) is 15.9. The molecule has 4 heterocycles. The Hall–Kier alpha value is -3.65. The molecule has 0 spiro atoms. The highest BCUT2D eigenvalue weighted by molar-refractivity contribution is 7.90. The number of amides is 2. The summed E-state index contributed by atoms with van der Waals surface area (Å²) in [4.78, 5) is 30.1. The molecule has 248 valence electrons. The van der Waals surface area contributed by atoms with E-state index in [1.807, 2.05) is 18.6 Å². The van der Waals surface area contributed by atoms with Crippen LogP contribution in [0, 0.1) is 23.7 Å². The van der Waals surface area contributed by atoms with Gasteiger partial charge in [0.05, 0.1) is 12.2 Å². The Bertz CT molecular complexity index is 1690. The predicted octanol–water partition coefficient (Wildman–Crippen LogP) is 5.00. The second-order valence-electron chi connectivity index (χ2n) is 13.4. The highest BCUT2D eigenvalue weighted by Gasteiger charge is 2.41. The fourth-order valence-electron chi connectivity index (χ4n) is 6.74. The van der Waals surface area contributed by atoms with E-state index in [1.54, 1.807) is 12.3 Å².